The van der Waals surface area contributed by atoms with Crippen LogP contribution in [0.5, 0.6) is 5.75 Å². The Balaban J connectivity index is 1.52. The lowest BCUT2D eigenvalue weighted by molar-refractivity contribution is 0.170. The van der Waals surface area contributed by atoms with Gasteiger partial charge in [-0.2, -0.15) is 4.39 Å². The van der Waals surface area contributed by atoms with Gasteiger partial charge in [0, 0.05) is 75.4 Å². The highest BCUT2D eigenvalue weighted by atomic mass is 19.2. The zero-order valence-corrected chi connectivity index (χ0v) is 16.6. The summed E-state index contributed by atoms with van der Waals surface area (Å²) in [6.45, 7) is 1.87. The van der Waals surface area contributed by atoms with Gasteiger partial charge in [-0.3, -0.25) is 4.98 Å². The fourth-order valence-corrected chi connectivity index (χ4v) is 3.38. The molecule has 0 bridgehead atoms. The molecule has 156 valence electrons. The second-order valence-corrected chi connectivity index (χ2v) is 6.99. The molecule has 0 aliphatic carbocycles. The lowest BCUT2D eigenvalue weighted by Crippen LogP contribution is -2.31. The van der Waals surface area contributed by atoms with Gasteiger partial charge in [0.25, 0.3) is 0 Å². The van der Waals surface area contributed by atoms with Crippen LogP contribution in [0.3, 0.4) is 0 Å². The molecular weight excluding hydrogens is 390 g/mol. The molecule has 8 heteroatoms. The number of hydrogen-bond donors (Lipinski definition) is 0. The largest absolute Gasteiger partial charge is 0.490 e. The number of ether oxygens (including phenoxy) is 2. The maximum absolute atomic E-state index is 14.2. The molecule has 0 saturated carbocycles. The van der Waals surface area contributed by atoms with Crippen molar-refractivity contribution in [2.45, 2.75) is 19.4 Å². The molecule has 6 nitrogen and oxygen atoms in total. The quantitative estimate of drug-likeness (QED) is 0.550. The van der Waals surface area contributed by atoms with E-state index in [-0.39, 0.29) is 12.4 Å². The standard InChI is InChI=1S/C22H22F2N4O2/c1-29-9-4-10-30-20-12-16(11-17(23)21(20)24)28-8-6-18-15(14-28)13-26-22(27-18)19-5-2-3-7-25-19/h2-3,5,7,11-13H,4,6,8-10,14H2,1H3. The number of fused-ring (bicyclic) bond motifs is 1. The Hall–Kier alpha value is -3.13. The van der Waals surface area contributed by atoms with Crippen molar-refractivity contribution in [1.29, 1.82) is 0 Å². The fraction of sp³-hybridized carbons (Fsp3) is 0.318. The molecule has 4 rings (SSSR count). The van der Waals surface area contributed by atoms with Crippen LogP contribution in [0, 0.1) is 11.6 Å². The summed E-state index contributed by atoms with van der Waals surface area (Å²) in [5.41, 5.74) is 3.18. The van der Waals surface area contributed by atoms with Crippen LogP contribution in [-0.4, -0.2) is 41.8 Å². The minimum atomic E-state index is -0.975. The molecule has 3 aromatic rings. The summed E-state index contributed by atoms with van der Waals surface area (Å²) in [5, 5.41) is 0. The first-order valence-electron chi connectivity index (χ1n) is 9.77. The minimum Gasteiger partial charge on any atom is -0.490 e. The highest BCUT2D eigenvalue weighted by molar-refractivity contribution is 5.54. The molecule has 1 aliphatic rings. The summed E-state index contributed by atoms with van der Waals surface area (Å²) < 4.78 is 38.7. The van der Waals surface area contributed by atoms with Crippen molar-refractivity contribution < 1.29 is 18.3 Å². The van der Waals surface area contributed by atoms with Crippen molar-refractivity contribution in [2.24, 2.45) is 0 Å². The molecule has 0 atom stereocenters. The Kier molecular flexibility index (Phi) is 6.13. The van der Waals surface area contributed by atoms with Gasteiger partial charge >= 0.3 is 0 Å². The van der Waals surface area contributed by atoms with E-state index in [1.807, 2.05) is 23.1 Å². The third-order valence-electron chi connectivity index (χ3n) is 4.92. The average Bonchev–Trinajstić information content (AvgIpc) is 2.79. The van der Waals surface area contributed by atoms with Gasteiger partial charge in [-0.15, -0.1) is 0 Å². The predicted molar refractivity (Wildman–Crippen MR) is 108 cm³/mol. The first-order valence-corrected chi connectivity index (χ1v) is 9.77. The summed E-state index contributed by atoms with van der Waals surface area (Å²) in [7, 11) is 1.58. The molecule has 0 saturated heterocycles. The van der Waals surface area contributed by atoms with Gasteiger partial charge in [-0.05, 0) is 12.1 Å². The van der Waals surface area contributed by atoms with Gasteiger partial charge in [0.2, 0.25) is 5.82 Å². The van der Waals surface area contributed by atoms with Crippen molar-refractivity contribution in [3.8, 4) is 17.3 Å². The minimum absolute atomic E-state index is 0.0892. The van der Waals surface area contributed by atoms with Crippen molar-refractivity contribution in [3.63, 3.8) is 0 Å². The molecule has 1 aromatic carbocycles. The number of anilines is 1. The first-order chi connectivity index (χ1) is 14.7. The molecule has 0 spiro atoms. The van der Waals surface area contributed by atoms with Gasteiger partial charge in [0.15, 0.2) is 17.4 Å². The second kappa shape index (κ2) is 9.13. The molecule has 0 radical (unpaired) electrons. The third kappa shape index (κ3) is 4.38. The van der Waals surface area contributed by atoms with Crippen LogP contribution in [0.1, 0.15) is 17.7 Å². The number of hydrogen-bond acceptors (Lipinski definition) is 6. The topological polar surface area (TPSA) is 60.4 Å². The van der Waals surface area contributed by atoms with Crippen molar-refractivity contribution in [1.82, 2.24) is 15.0 Å². The number of pyridine rings is 1. The number of benzene rings is 1. The van der Waals surface area contributed by atoms with E-state index in [0.717, 1.165) is 17.0 Å². The third-order valence-corrected chi connectivity index (χ3v) is 4.92. The van der Waals surface area contributed by atoms with E-state index in [2.05, 4.69) is 15.0 Å². The zero-order chi connectivity index (χ0) is 20.9. The van der Waals surface area contributed by atoms with E-state index < -0.39 is 11.6 Å². The molecule has 0 fully saturated rings. The van der Waals surface area contributed by atoms with Crippen molar-refractivity contribution in [3.05, 3.63) is 65.6 Å². The summed E-state index contributed by atoms with van der Waals surface area (Å²) in [6.07, 6.45) is 4.74. The first kappa shape index (κ1) is 20.2. The van der Waals surface area contributed by atoms with Gasteiger partial charge in [-0.25, -0.2) is 14.4 Å². The van der Waals surface area contributed by atoms with Crippen LogP contribution in [0.4, 0.5) is 14.5 Å². The van der Waals surface area contributed by atoms with Crippen LogP contribution in [0.25, 0.3) is 11.5 Å². The lowest BCUT2D eigenvalue weighted by atomic mass is 10.1. The van der Waals surface area contributed by atoms with E-state index >= 15 is 0 Å². The van der Waals surface area contributed by atoms with Crippen molar-refractivity contribution >= 4 is 5.69 Å². The highest BCUT2D eigenvalue weighted by Gasteiger charge is 2.22. The number of methoxy groups -OCH3 is 1. The Morgan fingerprint density at radius 1 is 1.13 bits per heavy atom. The molecule has 2 aromatic heterocycles. The molecule has 0 amide bonds. The van der Waals surface area contributed by atoms with Gasteiger partial charge in [0.05, 0.1) is 12.3 Å². The molecule has 30 heavy (non-hydrogen) atoms. The number of rotatable bonds is 7. The second-order valence-electron chi connectivity index (χ2n) is 6.99. The normalized spacial score (nSPS) is 13.2. The van der Waals surface area contributed by atoms with E-state index in [0.29, 0.717) is 44.0 Å². The van der Waals surface area contributed by atoms with Crippen LogP contribution >= 0.6 is 0 Å². The van der Waals surface area contributed by atoms with E-state index in [9.17, 15) is 8.78 Å². The molecule has 3 heterocycles. The van der Waals surface area contributed by atoms with Gasteiger partial charge < -0.3 is 14.4 Å². The summed E-state index contributed by atoms with van der Waals surface area (Å²) >= 11 is 0. The average molecular weight is 412 g/mol. The number of nitrogens with zero attached hydrogens (tertiary/aromatic N) is 4. The van der Waals surface area contributed by atoms with Crippen LogP contribution in [-0.2, 0) is 17.7 Å². The molecule has 0 unspecified atom stereocenters. The number of aromatic nitrogens is 3. The molecular formula is C22H22F2N4O2. The maximum atomic E-state index is 14.2. The lowest BCUT2D eigenvalue weighted by Gasteiger charge is -2.30. The maximum Gasteiger partial charge on any atom is 0.200 e. The van der Waals surface area contributed by atoms with Crippen LogP contribution in [0.2, 0.25) is 0 Å². The SMILES string of the molecule is COCCCOc1cc(N2CCc3nc(-c4ccccn4)ncc3C2)cc(F)c1F. The van der Waals surface area contributed by atoms with Gasteiger partial charge in [0.1, 0.15) is 5.69 Å². The Morgan fingerprint density at radius 2 is 2.03 bits per heavy atom. The highest BCUT2D eigenvalue weighted by Crippen LogP contribution is 2.31. The monoisotopic (exact) mass is 412 g/mol. The zero-order valence-electron chi connectivity index (χ0n) is 16.6. The Labute approximate surface area is 173 Å². The van der Waals surface area contributed by atoms with Gasteiger partial charge in [-0.1, -0.05) is 6.07 Å². The van der Waals surface area contributed by atoms with E-state index in [1.54, 1.807) is 25.6 Å². The molecule has 1 aliphatic heterocycles. The Bertz CT molecular complexity index is 1020. The summed E-state index contributed by atoms with van der Waals surface area (Å²) in [6, 6.07) is 8.35. The fourth-order valence-electron chi connectivity index (χ4n) is 3.38. The van der Waals surface area contributed by atoms with E-state index in [1.165, 1.54) is 6.07 Å². The Morgan fingerprint density at radius 3 is 2.83 bits per heavy atom. The van der Waals surface area contributed by atoms with Crippen LogP contribution < -0.4 is 9.64 Å². The van der Waals surface area contributed by atoms with E-state index in [4.69, 9.17) is 9.47 Å². The number of halogens is 2. The summed E-state index contributed by atoms with van der Waals surface area (Å²) in [4.78, 5) is 15.3. The smallest absolute Gasteiger partial charge is 0.200 e. The van der Waals surface area contributed by atoms with Crippen molar-refractivity contribution in [2.75, 3.05) is 31.8 Å². The molecule has 0 N–H and O–H groups in total. The predicted octanol–water partition coefficient (Wildman–Crippen LogP) is 3.79. The summed E-state index contributed by atoms with van der Waals surface area (Å²) in [5.74, 6) is -1.41. The van der Waals surface area contributed by atoms with Crippen LogP contribution in [0.15, 0.2) is 42.7 Å².